The Bertz CT molecular complexity index is 873. The second-order valence-electron chi connectivity index (χ2n) is 9.83. The van der Waals surface area contributed by atoms with E-state index in [0.29, 0.717) is 18.1 Å². The van der Waals surface area contributed by atoms with Gasteiger partial charge in [0.05, 0.1) is 11.0 Å². The summed E-state index contributed by atoms with van der Waals surface area (Å²) in [5, 5.41) is 10.9. The van der Waals surface area contributed by atoms with E-state index in [-0.39, 0.29) is 5.92 Å². The molecule has 186 valence electrons. The molecule has 4 heterocycles. The molecule has 1 amide bonds. The van der Waals surface area contributed by atoms with Gasteiger partial charge < -0.3 is 19.4 Å². The van der Waals surface area contributed by atoms with E-state index in [4.69, 9.17) is 4.74 Å². The fourth-order valence-electron chi connectivity index (χ4n) is 5.01. The Hall–Kier alpha value is -2.03. The minimum atomic E-state index is 0.136. The lowest BCUT2D eigenvalue weighted by molar-refractivity contribution is -0.137. The molecule has 2 fully saturated rings. The van der Waals surface area contributed by atoms with Crippen molar-refractivity contribution in [2.24, 2.45) is 5.92 Å². The van der Waals surface area contributed by atoms with E-state index in [2.05, 4.69) is 63.3 Å². The fourth-order valence-corrected chi connectivity index (χ4v) is 5.70. The summed E-state index contributed by atoms with van der Waals surface area (Å²) in [5.41, 5.74) is 0.918. The third-order valence-electron chi connectivity index (χ3n) is 7.10. The Kier molecular flexibility index (Phi) is 8.92. The van der Waals surface area contributed by atoms with Gasteiger partial charge in [-0.3, -0.25) is 4.79 Å². The van der Waals surface area contributed by atoms with E-state index in [9.17, 15) is 4.79 Å². The minimum Gasteiger partial charge on any atom is -0.379 e. The van der Waals surface area contributed by atoms with Gasteiger partial charge in [0, 0.05) is 51.3 Å². The van der Waals surface area contributed by atoms with Gasteiger partial charge in [-0.2, -0.15) is 0 Å². The third kappa shape index (κ3) is 6.55. The van der Waals surface area contributed by atoms with Crippen molar-refractivity contribution in [2.75, 3.05) is 51.3 Å². The van der Waals surface area contributed by atoms with Crippen LogP contribution in [0.3, 0.4) is 0 Å². The maximum absolute atomic E-state index is 13.2. The first kappa shape index (κ1) is 25.1. The van der Waals surface area contributed by atoms with Crippen LogP contribution in [0.15, 0.2) is 29.6 Å². The van der Waals surface area contributed by atoms with Gasteiger partial charge in [0.2, 0.25) is 5.91 Å². The van der Waals surface area contributed by atoms with Crippen LogP contribution in [0.4, 0.5) is 5.82 Å². The molecule has 4 rings (SSSR count). The Morgan fingerprint density at radius 1 is 1.12 bits per heavy atom. The van der Waals surface area contributed by atoms with Crippen molar-refractivity contribution < 1.29 is 9.53 Å². The third-order valence-corrected chi connectivity index (χ3v) is 7.99. The molecule has 0 N–H and O–H groups in total. The van der Waals surface area contributed by atoms with Gasteiger partial charge in [0.15, 0.2) is 5.82 Å². The molecule has 0 spiro atoms. The van der Waals surface area contributed by atoms with Crippen molar-refractivity contribution in [3.8, 4) is 10.6 Å². The molecule has 2 aromatic rings. The lowest BCUT2D eigenvalue weighted by Crippen LogP contribution is -2.49. The van der Waals surface area contributed by atoms with E-state index >= 15 is 0 Å². The van der Waals surface area contributed by atoms with Crippen molar-refractivity contribution in [1.29, 1.82) is 0 Å². The number of amides is 1. The Morgan fingerprint density at radius 2 is 1.88 bits per heavy atom. The number of anilines is 1. The van der Waals surface area contributed by atoms with Gasteiger partial charge in [0.1, 0.15) is 5.69 Å². The van der Waals surface area contributed by atoms with Gasteiger partial charge >= 0.3 is 0 Å². The van der Waals surface area contributed by atoms with Crippen molar-refractivity contribution >= 4 is 23.1 Å². The number of hydrogen-bond donors (Lipinski definition) is 0. The number of aromatic nitrogens is 2. The number of carbonyl (C=O) groups is 1. The van der Waals surface area contributed by atoms with Gasteiger partial charge in [-0.05, 0) is 76.6 Å². The molecule has 0 saturated carbocycles. The largest absolute Gasteiger partial charge is 0.379 e. The topological polar surface area (TPSA) is 61.8 Å². The summed E-state index contributed by atoms with van der Waals surface area (Å²) in [7, 11) is 2.21. The Balaban J connectivity index is 1.18. The van der Waals surface area contributed by atoms with E-state index < -0.39 is 0 Å². The zero-order valence-electron chi connectivity index (χ0n) is 20.9. The lowest BCUT2D eigenvalue weighted by atomic mass is 9.93. The maximum atomic E-state index is 13.2. The fraction of sp³-hybridized carbons (Fsp3) is 0.654. The normalized spacial score (nSPS) is 18.3. The van der Waals surface area contributed by atoms with Crippen molar-refractivity contribution in [3.05, 3.63) is 29.6 Å². The zero-order chi connectivity index (χ0) is 23.9. The standard InChI is InChI=1S/C26H39N5O2S/c1-20(2)33-18-5-13-29(3)22-11-16-31(17-12-22)26(32)21-9-14-30(15-10-21)25-8-7-23(27-28-25)24-6-4-19-34-24/h4,6-8,19-22H,5,9-18H2,1-3H3. The van der Waals surface area contributed by atoms with E-state index in [1.807, 2.05) is 12.1 Å². The number of rotatable bonds is 9. The first-order valence-corrected chi connectivity index (χ1v) is 13.6. The summed E-state index contributed by atoms with van der Waals surface area (Å²) in [6.45, 7) is 9.53. The molecule has 0 unspecified atom stereocenters. The van der Waals surface area contributed by atoms with Crippen LogP contribution in [0.5, 0.6) is 0 Å². The summed E-state index contributed by atoms with van der Waals surface area (Å²) in [4.78, 5) is 21.1. The van der Waals surface area contributed by atoms with Crippen LogP contribution in [0, 0.1) is 5.92 Å². The molecule has 8 heteroatoms. The highest BCUT2D eigenvalue weighted by Crippen LogP contribution is 2.27. The average Bonchev–Trinajstić information content (AvgIpc) is 3.41. The number of thiophene rings is 1. The monoisotopic (exact) mass is 485 g/mol. The lowest BCUT2D eigenvalue weighted by Gasteiger charge is -2.39. The second-order valence-corrected chi connectivity index (χ2v) is 10.8. The molecular formula is C26H39N5O2S. The first-order chi connectivity index (χ1) is 16.5. The van der Waals surface area contributed by atoms with E-state index in [1.54, 1.807) is 11.3 Å². The second kappa shape index (κ2) is 12.1. The van der Waals surface area contributed by atoms with Crippen molar-refractivity contribution in [3.63, 3.8) is 0 Å². The highest BCUT2D eigenvalue weighted by Gasteiger charge is 2.32. The van der Waals surface area contributed by atoms with Gasteiger partial charge in [-0.1, -0.05) is 6.07 Å². The molecule has 2 aliphatic rings. The number of carbonyl (C=O) groups excluding carboxylic acids is 1. The summed E-state index contributed by atoms with van der Waals surface area (Å²) in [6.07, 6.45) is 5.28. The van der Waals surface area contributed by atoms with Crippen molar-refractivity contribution in [1.82, 2.24) is 20.0 Å². The first-order valence-electron chi connectivity index (χ1n) is 12.7. The molecular weight excluding hydrogens is 446 g/mol. The Morgan fingerprint density at radius 3 is 2.50 bits per heavy atom. The van der Waals surface area contributed by atoms with Crippen LogP contribution in [-0.4, -0.2) is 84.4 Å². The van der Waals surface area contributed by atoms with Gasteiger partial charge in [-0.15, -0.1) is 21.5 Å². The molecule has 0 bridgehead atoms. The number of hydrogen-bond acceptors (Lipinski definition) is 7. The SMILES string of the molecule is CC(C)OCCCN(C)C1CCN(C(=O)C2CCN(c3ccc(-c4cccs4)nn3)CC2)CC1. The van der Waals surface area contributed by atoms with Gasteiger partial charge in [-0.25, -0.2) is 0 Å². The number of nitrogens with zero attached hydrogens (tertiary/aromatic N) is 5. The summed E-state index contributed by atoms with van der Waals surface area (Å²) < 4.78 is 5.66. The van der Waals surface area contributed by atoms with E-state index in [1.165, 1.54) is 0 Å². The van der Waals surface area contributed by atoms with Gasteiger partial charge in [0.25, 0.3) is 0 Å². The highest BCUT2D eigenvalue weighted by molar-refractivity contribution is 7.13. The van der Waals surface area contributed by atoms with Crippen LogP contribution in [0.1, 0.15) is 46.0 Å². The molecule has 2 aliphatic heterocycles. The van der Waals surface area contributed by atoms with Crippen LogP contribution < -0.4 is 4.90 Å². The van der Waals surface area contributed by atoms with E-state index in [0.717, 1.165) is 87.8 Å². The van der Waals surface area contributed by atoms with Crippen molar-refractivity contribution in [2.45, 2.75) is 58.1 Å². The Labute approximate surface area is 208 Å². The maximum Gasteiger partial charge on any atom is 0.225 e. The summed E-state index contributed by atoms with van der Waals surface area (Å²) in [5.74, 6) is 1.40. The van der Waals surface area contributed by atoms with Crippen LogP contribution in [0.25, 0.3) is 10.6 Å². The molecule has 2 aromatic heterocycles. The summed E-state index contributed by atoms with van der Waals surface area (Å²) >= 11 is 1.68. The predicted octanol–water partition coefficient (Wildman–Crippen LogP) is 4.16. The molecule has 34 heavy (non-hydrogen) atoms. The zero-order valence-corrected chi connectivity index (χ0v) is 21.7. The molecule has 2 saturated heterocycles. The highest BCUT2D eigenvalue weighted by atomic mass is 32.1. The average molecular weight is 486 g/mol. The predicted molar refractivity (Wildman–Crippen MR) is 138 cm³/mol. The minimum absolute atomic E-state index is 0.136. The number of ether oxygens (including phenoxy) is 1. The molecule has 0 atom stereocenters. The van der Waals surface area contributed by atoms with Crippen LogP contribution in [-0.2, 0) is 9.53 Å². The molecule has 0 aliphatic carbocycles. The molecule has 7 nitrogen and oxygen atoms in total. The smallest absolute Gasteiger partial charge is 0.225 e. The number of piperidine rings is 2. The number of likely N-dealkylation sites (tertiary alicyclic amines) is 1. The van der Waals surface area contributed by atoms with Crippen LogP contribution in [0.2, 0.25) is 0 Å². The quantitative estimate of drug-likeness (QED) is 0.497. The molecule has 0 aromatic carbocycles. The summed E-state index contributed by atoms with van der Waals surface area (Å²) in [6, 6.07) is 8.77. The molecule has 0 radical (unpaired) electrons. The van der Waals surface area contributed by atoms with Crippen LogP contribution >= 0.6 is 11.3 Å².